The highest BCUT2D eigenvalue weighted by molar-refractivity contribution is 5.73. The van der Waals surface area contributed by atoms with Crippen LogP contribution in [-0.4, -0.2) is 65.4 Å². The lowest BCUT2D eigenvalue weighted by Gasteiger charge is -2.42. The Hall–Kier alpha value is -1.34. The summed E-state index contributed by atoms with van der Waals surface area (Å²) in [5.41, 5.74) is 0. The van der Waals surface area contributed by atoms with Crippen LogP contribution < -0.4 is 5.32 Å². The summed E-state index contributed by atoms with van der Waals surface area (Å²) in [6.07, 6.45) is 3.58. The summed E-state index contributed by atoms with van der Waals surface area (Å²) in [6.45, 7) is 3.98. The zero-order chi connectivity index (χ0) is 14.5. The molecule has 1 heterocycles. The average Bonchev–Trinajstić information content (AvgIpc) is 2.40. The number of likely N-dealkylation sites (N-methyl/N-ethyl adjacent to an activating group) is 1. The molecular weight excluding hydrogens is 262 g/mol. The smallest absolute Gasteiger partial charge is 0.341 e. The van der Waals surface area contributed by atoms with Crippen molar-refractivity contribution in [2.75, 3.05) is 26.2 Å². The fraction of sp³-hybridized carbons (Fsp3) is 0.846. The van der Waals surface area contributed by atoms with Gasteiger partial charge >= 0.3 is 12.0 Å². The molecule has 1 saturated heterocycles. The van der Waals surface area contributed by atoms with Crippen molar-refractivity contribution < 1.29 is 19.5 Å². The van der Waals surface area contributed by atoms with E-state index in [2.05, 4.69) is 5.32 Å². The summed E-state index contributed by atoms with van der Waals surface area (Å²) >= 11 is 0. The number of amides is 2. The number of urea groups is 1. The van der Waals surface area contributed by atoms with E-state index in [1.165, 1.54) is 5.06 Å². The van der Waals surface area contributed by atoms with Gasteiger partial charge in [-0.15, -0.1) is 0 Å². The summed E-state index contributed by atoms with van der Waals surface area (Å²) in [4.78, 5) is 29.9. The zero-order valence-corrected chi connectivity index (χ0v) is 11.9. The third kappa shape index (κ3) is 3.83. The third-order valence-electron chi connectivity index (χ3n) is 3.93. The second-order valence-corrected chi connectivity index (χ2v) is 5.37. The minimum absolute atomic E-state index is 0.0665. The van der Waals surface area contributed by atoms with E-state index in [-0.39, 0.29) is 24.7 Å². The van der Waals surface area contributed by atoms with Gasteiger partial charge in [-0.3, -0.25) is 14.5 Å². The minimum Gasteiger partial charge on any atom is -0.480 e. The van der Waals surface area contributed by atoms with Gasteiger partial charge in [0.25, 0.3) is 0 Å². The lowest BCUT2D eigenvalue weighted by atomic mass is 9.85. The van der Waals surface area contributed by atoms with Crippen LogP contribution in [-0.2, 0) is 9.63 Å². The minimum atomic E-state index is -0.805. The maximum absolute atomic E-state index is 11.9. The SMILES string of the molecule is CCN(CC(=O)O)C1CC(NC(=O)N2CCCCO2)C1. The molecule has 0 aromatic rings. The Labute approximate surface area is 118 Å². The molecule has 1 aliphatic carbocycles. The Morgan fingerprint density at radius 1 is 1.40 bits per heavy atom. The predicted octanol–water partition coefficient (Wildman–Crippen LogP) is 0.661. The number of carboxylic acids is 1. The number of nitrogens with one attached hydrogen (secondary N) is 1. The molecule has 0 unspecified atom stereocenters. The molecule has 2 amide bonds. The Morgan fingerprint density at radius 2 is 2.15 bits per heavy atom. The normalized spacial score (nSPS) is 26.2. The van der Waals surface area contributed by atoms with Crippen molar-refractivity contribution in [2.45, 2.75) is 44.7 Å². The van der Waals surface area contributed by atoms with Crippen molar-refractivity contribution in [3.63, 3.8) is 0 Å². The highest BCUT2D eigenvalue weighted by Gasteiger charge is 2.35. The van der Waals surface area contributed by atoms with Crippen LogP contribution in [0.2, 0.25) is 0 Å². The molecular formula is C13H23N3O4. The third-order valence-corrected chi connectivity index (χ3v) is 3.93. The van der Waals surface area contributed by atoms with E-state index in [0.29, 0.717) is 19.7 Å². The number of hydrogen-bond acceptors (Lipinski definition) is 4. The summed E-state index contributed by atoms with van der Waals surface area (Å²) in [7, 11) is 0. The molecule has 114 valence electrons. The summed E-state index contributed by atoms with van der Waals surface area (Å²) in [5, 5.41) is 13.2. The van der Waals surface area contributed by atoms with Crippen molar-refractivity contribution in [2.24, 2.45) is 0 Å². The number of aliphatic carboxylic acids is 1. The number of carbonyl (C=O) groups excluding carboxylic acids is 1. The Bertz CT molecular complexity index is 352. The zero-order valence-electron chi connectivity index (χ0n) is 11.9. The summed E-state index contributed by atoms with van der Waals surface area (Å²) in [5.74, 6) is -0.805. The predicted molar refractivity (Wildman–Crippen MR) is 72.1 cm³/mol. The van der Waals surface area contributed by atoms with Gasteiger partial charge in [-0.25, -0.2) is 9.86 Å². The molecule has 2 N–H and O–H groups in total. The Balaban J connectivity index is 1.70. The van der Waals surface area contributed by atoms with Crippen LogP contribution in [0.15, 0.2) is 0 Å². The van der Waals surface area contributed by atoms with Gasteiger partial charge in [0.1, 0.15) is 0 Å². The second kappa shape index (κ2) is 6.90. The first kappa shape index (κ1) is 15.1. The van der Waals surface area contributed by atoms with Crippen LogP contribution in [0.4, 0.5) is 4.79 Å². The first-order chi connectivity index (χ1) is 9.60. The molecule has 20 heavy (non-hydrogen) atoms. The molecule has 1 saturated carbocycles. The van der Waals surface area contributed by atoms with E-state index in [4.69, 9.17) is 9.94 Å². The van der Waals surface area contributed by atoms with Crippen LogP contribution >= 0.6 is 0 Å². The van der Waals surface area contributed by atoms with Gasteiger partial charge in [0.2, 0.25) is 0 Å². The number of rotatable bonds is 5. The number of nitrogens with zero attached hydrogens (tertiary/aromatic N) is 2. The molecule has 7 nitrogen and oxygen atoms in total. The monoisotopic (exact) mass is 285 g/mol. The highest BCUT2D eigenvalue weighted by Crippen LogP contribution is 2.25. The first-order valence-corrected chi connectivity index (χ1v) is 7.27. The van der Waals surface area contributed by atoms with Crippen molar-refractivity contribution in [1.82, 2.24) is 15.3 Å². The Kier molecular flexibility index (Phi) is 5.19. The molecule has 0 aromatic heterocycles. The number of carboxylic acid groups (broad SMARTS) is 1. The molecule has 0 spiro atoms. The Morgan fingerprint density at radius 3 is 2.70 bits per heavy atom. The standard InChI is InChI=1S/C13H23N3O4/c1-2-15(9-12(17)18)11-7-10(8-11)14-13(19)16-5-3-4-6-20-16/h10-11H,2-9H2,1H3,(H,14,19)(H,17,18). The fourth-order valence-corrected chi connectivity index (χ4v) is 2.68. The number of hydrogen-bond donors (Lipinski definition) is 2. The summed E-state index contributed by atoms with van der Waals surface area (Å²) in [6, 6.07) is 0.207. The molecule has 0 aromatic carbocycles. The first-order valence-electron chi connectivity index (χ1n) is 7.27. The molecule has 1 aliphatic heterocycles. The van der Waals surface area contributed by atoms with Crippen molar-refractivity contribution in [1.29, 1.82) is 0 Å². The van der Waals surface area contributed by atoms with Crippen LogP contribution in [0.3, 0.4) is 0 Å². The van der Waals surface area contributed by atoms with E-state index in [1.807, 2.05) is 11.8 Å². The van der Waals surface area contributed by atoms with E-state index < -0.39 is 5.97 Å². The van der Waals surface area contributed by atoms with Crippen LogP contribution in [0, 0.1) is 0 Å². The van der Waals surface area contributed by atoms with Crippen LogP contribution in [0.5, 0.6) is 0 Å². The van der Waals surface area contributed by atoms with Gasteiger partial charge in [-0.1, -0.05) is 6.92 Å². The van der Waals surface area contributed by atoms with Crippen LogP contribution in [0.1, 0.15) is 32.6 Å². The van der Waals surface area contributed by atoms with Gasteiger partial charge in [0.05, 0.1) is 19.7 Å². The van der Waals surface area contributed by atoms with Gasteiger partial charge in [-0.2, -0.15) is 0 Å². The topological polar surface area (TPSA) is 82.1 Å². The fourth-order valence-electron chi connectivity index (χ4n) is 2.68. The molecule has 0 atom stereocenters. The highest BCUT2D eigenvalue weighted by atomic mass is 16.7. The average molecular weight is 285 g/mol. The van der Waals surface area contributed by atoms with Crippen LogP contribution in [0.25, 0.3) is 0 Å². The van der Waals surface area contributed by atoms with Gasteiger partial charge < -0.3 is 10.4 Å². The summed E-state index contributed by atoms with van der Waals surface area (Å²) < 4.78 is 0. The lowest BCUT2D eigenvalue weighted by molar-refractivity contribution is -0.141. The van der Waals surface area contributed by atoms with E-state index >= 15 is 0 Å². The molecule has 7 heteroatoms. The maximum atomic E-state index is 11.9. The maximum Gasteiger partial charge on any atom is 0.341 e. The molecule has 2 aliphatic rings. The van der Waals surface area contributed by atoms with Crippen molar-refractivity contribution >= 4 is 12.0 Å². The molecule has 0 bridgehead atoms. The van der Waals surface area contributed by atoms with E-state index in [0.717, 1.165) is 25.7 Å². The number of hydroxylamine groups is 2. The molecule has 2 fully saturated rings. The van der Waals surface area contributed by atoms with E-state index in [1.54, 1.807) is 0 Å². The van der Waals surface area contributed by atoms with Gasteiger partial charge in [0, 0.05) is 12.1 Å². The van der Waals surface area contributed by atoms with Crippen molar-refractivity contribution in [3.8, 4) is 0 Å². The molecule has 2 rings (SSSR count). The van der Waals surface area contributed by atoms with Gasteiger partial charge in [0.15, 0.2) is 0 Å². The lowest BCUT2D eigenvalue weighted by Crippen LogP contribution is -2.57. The largest absolute Gasteiger partial charge is 0.480 e. The quantitative estimate of drug-likeness (QED) is 0.775. The van der Waals surface area contributed by atoms with E-state index in [9.17, 15) is 9.59 Å². The molecule has 0 radical (unpaired) electrons. The number of carbonyl (C=O) groups is 2. The van der Waals surface area contributed by atoms with Gasteiger partial charge in [-0.05, 0) is 32.2 Å². The second-order valence-electron chi connectivity index (χ2n) is 5.37. The van der Waals surface area contributed by atoms with Crippen molar-refractivity contribution in [3.05, 3.63) is 0 Å².